The second-order valence-electron chi connectivity index (χ2n) is 3.63. The second-order valence-corrected chi connectivity index (χ2v) is 3.63. The maximum atomic E-state index is 13.5. The van der Waals surface area contributed by atoms with Gasteiger partial charge in [0.1, 0.15) is 17.1 Å². The molecule has 0 heterocycles. The molecule has 0 radical (unpaired) electrons. The highest BCUT2D eigenvalue weighted by Gasteiger charge is 2.22. The average molecular weight is 254 g/mol. The Morgan fingerprint density at radius 2 is 2.11 bits per heavy atom. The topological polar surface area (TPSA) is 69.6 Å². The number of nitrogens with zero attached hydrogens (tertiary/aromatic N) is 1. The lowest BCUT2D eigenvalue weighted by atomic mass is 10.1. The maximum absolute atomic E-state index is 13.5. The lowest BCUT2D eigenvalue weighted by Crippen LogP contribution is -2.39. The summed E-state index contributed by atoms with van der Waals surface area (Å²) < 4.78 is 13.5. The van der Waals surface area contributed by atoms with Crippen LogP contribution >= 0.6 is 0 Å². The Bertz CT molecular complexity index is 442. The highest BCUT2D eigenvalue weighted by Crippen LogP contribution is 2.21. The molecule has 2 N–H and O–H groups in total. The summed E-state index contributed by atoms with van der Waals surface area (Å²) in [7, 11) is 1.45. The molecular weight excluding hydrogens is 239 g/mol. The molecule has 98 valence electrons. The van der Waals surface area contributed by atoms with Crippen molar-refractivity contribution in [2.24, 2.45) is 0 Å². The zero-order valence-electron chi connectivity index (χ0n) is 10.2. The Kier molecular flexibility index (Phi) is 4.65. The summed E-state index contributed by atoms with van der Waals surface area (Å²) in [6.07, 6.45) is 0. The second kappa shape index (κ2) is 6.00. The number of phenols is 1. The van der Waals surface area contributed by atoms with E-state index in [-0.39, 0.29) is 19.0 Å². The molecular formula is C12H15FN2O3. The van der Waals surface area contributed by atoms with Crippen molar-refractivity contribution in [1.29, 1.82) is 0 Å². The molecule has 0 fully saturated rings. The number of nitrogens with one attached hydrogen (secondary N) is 1. The molecule has 1 aromatic carbocycles. The predicted octanol–water partition coefficient (Wildman–Crippen LogP) is 0.739. The Labute approximate surface area is 104 Å². The predicted molar refractivity (Wildman–Crippen MR) is 63.7 cm³/mol. The fourth-order valence-corrected chi connectivity index (χ4v) is 1.46. The zero-order valence-corrected chi connectivity index (χ0v) is 10.2. The minimum Gasteiger partial charge on any atom is -0.507 e. The summed E-state index contributed by atoms with van der Waals surface area (Å²) in [5.41, 5.74) is -0.414. The van der Waals surface area contributed by atoms with Crippen LogP contribution in [-0.4, -0.2) is 42.0 Å². The molecule has 5 nitrogen and oxygen atoms in total. The molecule has 18 heavy (non-hydrogen) atoms. The minimum absolute atomic E-state index is 0.181. The first kappa shape index (κ1) is 14.0. The quantitative estimate of drug-likeness (QED) is 0.832. The van der Waals surface area contributed by atoms with Crippen molar-refractivity contribution in [3.8, 4) is 5.75 Å². The van der Waals surface area contributed by atoms with Crippen LogP contribution in [0.4, 0.5) is 4.39 Å². The smallest absolute Gasteiger partial charge is 0.261 e. The first-order valence-corrected chi connectivity index (χ1v) is 5.48. The van der Waals surface area contributed by atoms with E-state index in [4.69, 9.17) is 0 Å². The monoisotopic (exact) mass is 254 g/mol. The van der Waals surface area contributed by atoms with Gasteiger partial charge in [0, 0.05) is 13.6 Å². The molecule has 0 bridgehead atoms. The molecule has 1 aromatic rings. The molecule has 2 amide bonds. The average Bonchev–Trinajstić information content (AvgIpc) is 2.35. The van der Waals surface area contributed by atoms with Crippen LogP contribution in [0, 0.1) is 5.82 Å². The van der Waals surface area contributed by atoms with E-state index in [2.05, 4.69) is 5.32 Å². The molecule has 0 saturated carbocycles. The van der Waals surface area contributed by atoms with Crippen molar-refractivity contribution < 1.29 is 19.1 Å². The number of benzene rings is 1. The third-order valence-corrected chi connectivity index (χ3v) is 2.49. The Hall–Kier alpha value is -2.11. The van der Waals surface area contributed by atoms with E-state index in [1.165, 1.54) is 19.2 Å². The largest absolute Gasteiger partial charge is 0.507 e. The van der Waals surface area contributed by atoms with Gasteiger partial charge in [-0.3, -0.25) is 9.59 Å². The van der Waals surface area contributed by atoms with Gasteiger partial charge in [0.2, 0.25) is 5.91 Å². The van der Waals surface area contributed by atoms with Gasteiger partial charge in [0.05, 0.1) is 6.54 Å². The van der Waals surface area contributed by atoms with Crippen molar-refractivity contribution in [2.45, 2.75) is 6.92 Å². The van der Waals surface area contributed by atoms with Crippen LogP contribution in [0.1, 0.15) is 17.3 Å². The molecule has 0 saturated heterocycles. The van der Waals surface area contributed by atoms with Crippen molar-refractivity contribution in [3.05, 3.63) is 29.6 Å². The standard InChI is InChI=1S/C12H15FN2O3/c1-3-15(7-10(17)14-2)12(18)11-8(13)5-4-6-9(11)16/h4-6,16H,3,7H2,1-2H3,(H,14,17). The van der Waals surface area contributed by atoms with E-state index >= 15 is 0 Å². The summed E-state index contributed by atoms with van der Waals surface area (Å²) in [5, 5.41) is 11.9. The van der Waals surface area contributed by atoms with Gasteiger partial charge in [-0.15, -0.1) is 0 Å². The molecule has 0 atom stereocenters. The summed E-state index contributed by atoms with van der Waals surface area (Å²) >= 11 is 0. The number of hydrogen-bond acceptors (Lipinski definition) is 3. The number of likely N-dealkylation sites (N-methyl/N-ethyl adjacent to an activating group) is 2. The number of rotatable bonds is 4. The molecule has 0 spiro atoms. The van der Waals surface area contributed by atoms with Crippen LogP contribution in [-0.2, 0) is 4.79 Å². The molecule has 0 aliphatic heterocycles. The molecule has 0 aliphatic carbocycles. The van der Waals surface area contributed by atoms with Crippen LogP contribution < -0.4 is 5.32 Å². The van der Waals surface area contributed by atoms with Gasteiger partial charge in [-0.2, -0.15) is 0 Å². The van der Waals surface area contributed by atoms with Crippen LogP contribution in [0.25, 0.3) is 0 Å². The van der Waals surface area contributed by atoms with Crippen LogP contribution in [0.2, 0.25) is 0 Å². The highest BCUT2D eigenvalue weighted by atomic mass is 19.1. The Balaban J connectivity index is 3.00. The first-order chi connectivity index (χ1) is 8.51. The minimum atomic E-state index is -0.810. The molecule has 6 heteroatoms. The number of aromatic hydroxyl groups is 1. The van der Waals surface area contributed by atoms with E-state index in [0.717, 1.165) is 11.0 Å². The van der Waals surface area contributed by atoms with Gasteiger partial charge in [-0.05, 0) is 19.1 Å². The van der Waals surface area contributed by atoms with Crippen LogP contribution in [0.15, 0.2) is 18.2 Å². The Morgan fingerprint density at radius 1 is 1.44 bits per heavy atom. The number of carbonyl (C=O) groups is 2. The van der Waals surface area contributed by atoms with Crippen LogP contribution in [0.5, 0.6) is 5.75 Å². The first-order valence-electron chi connectivity index (χ1n) is 5.48. The summed E-state index contributed by atoms with van der Waals surface area (Å²) in [6, 6.07) is 3.61. The number of phenolic OH excluding ortho intramolecular Hbond substituents is 1. The fraction of sp³-hybridized carbons (Fsp3) is 0.333. The van der Waals surface area contributed by atoms with E-state index in [1.807, 2.05) is 0 Å². The van der Waals surface area contributed by atoms with Gasteiger partial charge >= 0.3 is 0 Å². The molecule has 0 unspecified atom stereocenters. The molecule has 0 aliphatic rings. The lowest BCUT2D eigenvalue weighted by molar-refractivity contribution is -0.121. The summed E-state index contributed by atoms with van der Waals surface area (Å²) in [5.74, 6) is -2.32. The number of halogens is 1. The zero-order chi connectivity index (χ0) is 13.7. The number of hydrogen-bond donors (Lipinski definition) is 2. The number of carbonyl (C=O) groups excluding carboxylic acids is 2. The van der Waals surface area contributed by atoms with Crippen molar-refractivity contribution in [1.82, 2.24) is 10.2 Å². The van der Waals surface area contributed by atoms with Crippen LogP contribution in [0.3, 0.4) is 0 Å². The third-order valence-electron chi connectivity index (χ3n) is 2.49. The van der Waals surface area contributed by atoms with Crippen molar-refractivity contribution in [2.75, 3.05) is 20.1 Å². The SMILES string of the molecule is CCN(CC(=O)NC)C(=O)c1c(O)cccc1F. The molecule has 1 rings (SSSR count). The van der Waals surface area contributed by atoms with Gasteiger partial charge in [-0.25, -0.2) is 4.39 Å². The maximum Gasteiger partial charge on any atom is 0.261 e. The van der Waals surface area contributed by atoms with E-state index in [9.17, 15) is 19.1 Å². The third kappa shape index (κ3) is 2.97. The number of amides is 2. The normalized spacial score (nSPS) is 9.94. The fourth-order valence-electron chi connectivity index (χ4n) is 1.46. The van der Waals surface area contributed by atoms with Gasteiger partial charge in [0.25, 0.3) is 5.91 Å². The van der Waals surface area contributed by atoms with Gasteiger partial charge in [-0.1, -0.05) is 6.07 Å². The summed E-state index contributed by atoms with van der Waals surface area (Å²) in [4.78, 5) is 24.4. The van der Waals surface area contributed by atoms with Crippen molar-refractivity contribution in [3.63, 3.8) is 0 Å². The van der Waals surface area contributed by atoms with Crippen molar-refractivity contribution >= 4 is 11.8 Å². The van der Waals surface area contributed by atoms with E-state index < -0.39 is 23.0 Å². The Morgan fingerprint density at radius 3 is 2.61 bits per heavy atom. The van der Waals surface area contributed by atoms with E-state index in [1.54, 1.807) is 6.92 Å². The highest BCUT2D eigenvalue weighted by molar-refractivity contribution is 5.98. The lowest BCUT2D eigenvalue weighted by Gasteiger charge is -2.20. The summed E-state index contributed by atoms with van der Waals surface area (Å²) in [6.45, 7) is 1.72. The van der Waals surface area contributed by atoms with Gasteiger partial charge < -0.3 is 15.3 Å². The molecule has 0 aromatic heterocycles. The van der Waals surface area contributed by atoms with Gasteiger partial charge in [0.15, 0.2) is 0 Å². The van der Waals surface area contributed by atoms with E-state index in [0.29, 0.717) is 0 Å².